The van der Waals surface area contributed by atoms with Gasteiger partial charge in [-0.1, -0.05) is 24.3 Å². The van der Waals surface area contributed by atoms with Crippen molar-refractivity contribution >= 4 is 33.4 Å². The Hall–Kier alpha value is -3.48. The summed E-state index contributed by atoms with van der Waals surface area (Å²) in [7, 11) is 3.74. The lowest BCUT2D eigenvalue weighted by Gasteiger charge is -2.33. The van der Waals surface area contributed by atoms with E-state index in [1.165, 1.54) is 19.3 Å². The third-order valence-corrected chi connectivity index (χ3v) is 7.06. The number of fused-ring (bicyclic) bond motifs is 4. The third-order valence-electron chi connectivity index (χ3n) is 7.06. The van der Waals surface area contributed by atoms with Gasteiger partial charge in [-0.2, -0.15) is 4.98 Å². The largest absolute Gasteiger partial charge is 0.508 e. The van der Waals surface area contributed by atoms with Crippen LogP contribution in [0.4, 0.5) is 16.2 Å². The van der Waals surface area contributed by atoms with Crippen LogP contribution in [-0.4, -0.2) is 47.2 Å². The van der Waals surface area contributed by atoms with Crippen molar-refractivity contribution in [1.82, 2.24) is 15.0 Å². The van der Waals surface area contributed by atoms with Crippen molar-refractivity contribution in [2.24, 2.45) is 11.8 Å². The number of nitrogens with zero attached hydrogens (tertiary/aromatic N) is 5. The van der Waals surface area contributed by atoms with E-state index in [1.54, 1.807) is 18.3 Å². The maximum absolute atomic E-state index is 16.1. The molecule has 3 heterocycles. The van der Waals surface area contributed by atoms with Gasteiger partial charge < -0.3 is 14.9 Å². The molecule has 1 N–H and O–H groups in total. The Morgan fingerprint density at radius 1 is 1.03 bits per heavy atom. The molecule has 1 aliphatic carbocycles. The molecule has 33 heavy (non-hydrogen) atoms. The first-order chi connectivity index (χ1) is 16.0. The topological polar surface area (TPSA) is 65.4 Å². The number of anilines is 2. The summed E-state index contributed by atoms with van der Waals surface area (Å²) in [6, 6.07) is 10.8. The number of hydrogen-bond donors (Lipinski definition) is 1. The third kappa shape index (κ3) is 3.34. The van der Waals surface area contributed by atoms with Crippen LogP contribution >= 0.6 is 0 Å². The molecule has 0 amide bonds. The molecule has 1 aliphatic heterocycles. The van der Waals surface area contributed by atoms with Gasteiger partial charge >= 0.3 is 0 Å². The Balaban J connectivity index is 1.57. The highest BCUT2D eigenvalue weighted by Gasteiger charge is 2.34. The van der Waals surface area contributed by atoms with Crippen LogP contribution < -0.4 is 9.80 Å². The van der Waals surface area contributed by atoms with Gasteiger partial charge in [0.1, 0.15) is 22.8 Å². The van der Waals surface area contributed by atoms with Crippen molar-refractivity contribution in [3.63, 3.8) is 0 Å². The molecule has 2 aromatic heterocycles. The second-order valence-corrected chi connectivity index (χ2v) is 9.59. The molecule has 2 fully saturated rings. The fourth-order valence-electron chi connectivity index (χ4n) is 5.53. The lowest BCUT2D eigenvalue weighted by atomic mass is 9.98. The maximum atomic E-state index is 16.1. The average molecular weight is 444 g/mol. The van der Waals surface area contributed by atoms with Gasteiger partial charge in [0.15, 0.2) is 5.82 Å². The summed E-state index contributed by atoms with van der Waals surface area (Å²) in [6.45, 7) is 1.88. The molecule has 6 rings (SSSR count). The Bertz CT molecular complexity index is 1380. The van der Waals surface area contributed by atoms with Gasteiger partial charge in [-0.3, -0.25) is 4.98 Å². The summed E-state index contributed by atoms with van der Waals surface area (Å²) in [5.41, 5.74) is 0.995. The summed E-state index contributed by atoms with van der Waals surface area (Å²) in [6.07, 6.45) is 5.48. The minimum absolute atomic E-state index is 0.0751. The molecule has 2 bridgehead atoms. The zero-order valence-electron chi connectivity index (χ0n) is 18.8. The monoisotopic (exact) mass is 443 g/mol. The van der Waals surface area contributed by atoms with Gasteiger partial charge in [0.2, 0.25) is 5.95 Å². The van der Waals surface area contributed by atoms with Crippen molar-refractivity contribution in [1.29, 1.82) is 0 Å². The number of pyridine rings is 1. The van der Waals surface area contributed by atoms with Crippen LogP contribution in [0, 0.1) is 17.7 Å². The predicted octanol–water partition coefficient (Wildman–Crippen LogP) is 4.99. The number of phenols is 1. The van der Waals surface area contributed by atoms with Crippen molar-refractivity contribution in [2.75, 3.05) is 37.0 Å². The van der Waals surface area contributed by atoms with Gasteiger partial charge in [0.05, 0.1) is 5.39 Å². The lowest BCUT2D eigenvalue weighted by molar-refractivity contribution is 0.420. The van der Waals surface area contributed by atoms with Crippen molar-refractivity contribution in [2.45, 2.75) is 19.3 Å². The highest BCUT2D eigenvalue weighted by molar-refractivity contribution is 6.00. The molecule has 1 saturated carbocycles. The summed E-state index contributed by atoms with van der Waals surface area (Å²) < 4.78 is 16.1. The molecule has 4 aromatic rings. The number of hydrogen-bond acceptors (Lipinski definition) is 6. The van der Waals surface area contributed by atoms with E-state index in [-0.39, 0.29) is 17.0 Å². The van der Waals surface area contributed by atoms with Crippen LogP contribution in [0.3, 0.4) is 0 Å². The quantitative estimate of drug-likeness (QED) is 0.481. The molecule has 1 saturated heterocycles. The van der Waals surface area contributed by atoms with E-state index in [9.17, 15) is 5.11 Å². The summed E-state index contributed by atoms with van der Waals surface area (Å²) >= 11 is 0. The number of phenolic OH excluding ortho intramolecular Hbond substituents is 1. The van der Waals surface area contributed by atoms with Crippen LogP contribution in [0.25, 0.3) is 32.9 Å². The fraction of sp³-hybridized carbons (Fsp3) is 0.346. The Labute approximate surface area is 191 Å². The molecule has 168 valence electrons. The molecule has 2 unspecified atom stereocenters. The van der Waals surface area contributed by atoms with Gasteiger partial charge in [0, 0.05) is 38.9 Å². The molecule has 2 atom stereocenters. The number of aromatic hydroxyl groups is 1. The molecule has 0 spiro atoms. The molecular weight excluding hydrogens is 417 g/mol. The SMILES string of the molecule is CN(C)c1nc(N2CC3CCC(C3)C2)c2cnc(-c3cc(O)cc4ccccc34)c(F)c2n1. The summed E-state index contributed by atoms with van der Waals surface area (Å²) in [5, 5.41) is 12.6. The molecule has 6 nitrogen and oxygen atoms in total. The average Bonchev–Trinajstić information content (AvgIpc) is 3.15. The Morgan fingerprint density at radius 3 is 2.55 bits per heavy atom. The number of rotatable bonds is 3. The standard InChI is InChI=1S/C26H26FN5O/c1-31(2)26-29-24-21(25(30-26)32-13-15-7-8-16(9-15)14-32)12-28-23(22(24)27)20-11-18(33)10-17-5-3-4-6-19(17)20/h3-6,10-12,15-16,33H,7-9,13-14H2,1-2H3. The van der Waals surface area contributed by atoms with Crippen LogP contribution in [0.1, 0.15) is 19.3 Å². The summed E-state index contributed by atoms with van der Waals surface area (Å²) in [4.78, 5) is 18.1. The van der Waals surface area contributed by atoms with Gasteiger partial charge in [-0.25, -0.2) is 9.37 Å². The first-order valence-electron chi connectivity index (χ1n) is 11.5. The number of benzene rings is 2. The Kier molecular flexibility index (Phi) is 4.60. The summed E-state index contributed by atoms with van der Waals surface area (Å²) in [5.74, 6) is 2.17. The van der Waals surface area contributed by atoms with E-state index in [4.69, 9.17) is 4.98 Å². The zero-order valence-corrected chi connectivity index (χ0v) is 18.8. The Morgan fingerprint density at radius 2 is 1.79 bits per heavy atom. The lowest BCUT2D eigenvalue weighted by Crippen LogP contribution is -2.37. The van der Waals surface area contributed by atoms with Gasteiger partial charge in [0.25, 0.3) is 0 Å². The van der Waals surface area contributed by atoms with Crippen LogP contribution in [0.5, 0.6) is 5.75 Å². The first kappa shape index (κ1) is 20.1. The van der Waals surface area contributed by atoms with Gasteiger partial charge in [-0.15, -0.1) is 0 Å². The van der Waals surface area contributed by atoms with E-state index in [1.807, 2.05) is 43.3 Å². The molecule has 2 aromatic carbocycles. The predicted molar refractivity (Wildman–Crippen MR) is 129 cm³/mol. The molecule has 2 aliphatic rings. The first-order valence-corrected chi connectivity index (χ1v) is 11.5. The smallest absolute Gasteiger partial charge is 0.227 e. The number of halogens is 1. The van der Waals surface area contributed by atoms with Crippen LogP contribution in [-0.2, 0) is 0 Å². The second-order valence-electron chi connectivity index (χ2n) is 9.59. The molecular formula is C26H26FN5O. The van der Waals surface area contributed by atoms with E-state index >= 15 is 4.39 Å². The van der Waals surface area contributed by atoms with E-state index in [0.717, 1.165) is 29.7 Å². The van der Waals surface area contributed by atoms with E-state index in [0.29, 0.717) is 28.7 Å². The number of piperidine rings is 1. The minimum Gasteiger partial charge on any atom is -0.508 e. The highest BCUT2D eigenvalue weighted by atomic mass is 19.1. The minimum atomic E-state index is -0.491. The maximum Gasteiger partial charge on any atom is 0.227 e. The molecule has 0 radical (unpaired) electrons. The van der Waals surface area contributed by atoms with Crippen molar-refractivity contribution < 1.29 is 9.50 Å². The number of aromatic nitrogens is 3. The van der Waals surface area contributed by atoms with Crippen LogP contribution in [0.2, 0.25) is 0 Å². The highest BCUT2D eigenvalue weighted by Crippen LogP contribution is 2.41. The van der Waals surface area contributed by atoms with Crippen molar-refractivity contribution in [3.05, 3.63) is 48.4 Å². The van der Waals surface area contributed by atoms with E-state index in [2.05, 4.69) is 14.9 Å². The fourth-order valence-corrected chi connectivity index (χ4v) is 5.53. The molecule has 7 heteroatoms. The van der Waals surface area contributed by atoms with Gasteiger partial charge in [-0.05, 0) is 54.0 Å². The van der Waals surface area contributed by atoms with Crippen LogP contribution in [0.15, 0.2) is 42.6 Å². The van der Waals surface area contributed by atoms with E-state index < -0.39 is 5.82 Å². The second kappa shape index (κ2) is 7.54. The normalized spacial score (nSPS) is 20.0. The van der Waals surface area contributed by atoms with Crippen molar-refractivity contribution in [3.8, 4) is 17.0 Å². The zero-order chi connectivity index (χ0) is 22.7.